The van der Waals surface area contributed by atoms with Crippen LogP contribution in [-0.4, -0.2) is 48.5 Å². The highest BCUT2D eigenvalue weighted by atomic mass is 32.2. The van der Waals surface area contributed by atoms with Crippen LogP contribution in [0.1, 0.15) is 26.2 Å². The van der Waals surface area contributed by atoms with Gasteiger partial charge in [0.15, 0.2) is 5.58 Å². The van der Waals surface area contributed by atoms with Crippen molar-refractivity contribution >= 4 is 38.8 Å². The van der Waals surface area contributed by atoms with Gasteiger partial charge in [0.25, 0.3) is 5.22 Å². The Bertz CT molecular complexity index is 933. The number of sulfonamides is 1. The molecule has 0 bridgehead atoms. The molecule has 2 aromatic rings. The molecule has 1 aromatic heterocycles. The third-order valence-electron chi connectivity index (χ3n) is 4.36. The van der Waals surface area contributed by atoms with Crippen molar-refractivity contribution in [3.63, 3.8) is 0 Å². The lowest BCUT2D eigenvalue weighted by atomic mass is 10.2. The van der Waals surface area contributed by atoms with Crippen molar-refractivity contribution in [3.8, 4) is 0 Å². The molecule has 146 valence electrons. The van der Waals surface area contributed by atoms with E-state index in [2.05, 4.69) is 16.9 Å². The van der Waals surface area contributed by atoms with Gasteiger partial charge in [-0.05, 0) is 38.0 Å². The molecule has 1 amide bonds. The predicted octanol–water partition coefficient (Wildman–Crippen LogP) is 2.79. The topological polar surface area (TPSA) is 92.5 Å². The fourth-order valence-electron chi connectivity index (χ4n) is 2.87. The Hall–Kier alpha value is -1.84. The molecule has 2 heterocycles. The van der Waals surface area contributed by atoms with Gasteiger partial charge in [0.1, 0.15) is 5.52 Å². The average Bonchev–Trinajstić information content (AvgIpc) is 3.08. The number of carbonyl (C=O) groups excluding carboxylic acids is 1. The highest BCUT2D eigenvalue weighted by molar-refractivity contribution is 8.00. The average molecular weight is 410 g/mol. The number of piperidine rings is 1. The fraction of sp³-hybridized carbons (Fsp3) is 0.444. The van der Waals surface area contributed by atoms with Crippen molar-refractivity contribution in [2.24, 2.45) is 0 Å². The molecule has 1 saturated heterocycles. The lowest BCUT2D eigenvalue weighted by Gasteiger charge is -2.25. The van der Waals surface area contributed by atoms with Gasteiger partial charge in [-0.15, -0.1) is 6.58 Å². The van der Waals surface area contributed by atoms with E-state index in [4.69, 9.17) is 4.42 Å². The van der Waals surface area contributed by atoms with E-state index in [1.165, 1.54) is 22.1 Å². The second kappa shape index (κ2) is 8.45. The Morgan fingerprint density at radius 1 is 1.41 bits per heavy atom. The number of benzene rings is 1. The standard InChI is InChI=1S/C18H23N3O4S2/c1-3-9-19-17(22)13(2)26-18-20-15-12-14(7-8-16(15)25-18)27(23,24)21-10-5-4-6-11-21/h3,7-8,12-13H,1,4-6,9-11H2,2H3,(H,19,22)/t13-/m1/s1. The zero-order chi connectivity index (χ0) is 19.4. The van der Waals surface area contributed by atoms with Crippen LogP contribution in [0.3, 0.4) is 0 Å². The van der Waals surface area contributed by atoms with Crippen molar-refractivity contribution in [1.29, 1.82) is 0 Å². The SMILES string of the molecule is C=CCNC(=O)[C@@H](C)Sc1nc2cc(S(=O)(=O)N3CCCCC3)ccc2o1. The summed E-state index contributed by atoms with van der Waals surface area (Å²) in [6.45, 7) is 6.82. The van der Waals surface area contributed by atoms with Gasteiger partial charge >= 0.3 is 0 Å². The first kappa shape index (κ1) is 19.9. The highest BCUT2D eigenvalue weighted by Crippen LogP contribution is 2.29. The number of aromatic nitrogens is 1. The maximum absolute atomic E-state index is 12.8. The van der Waals surface area contributed by atoms with E-state index in [1.807, 2.05) is 0 Å². The first-order valence-corrected chi connectivity index (χ1v) is 11.2. The van der Waals surface area contributed by atoms with E-state index in [0.717, 1.165) is 19.3 Å². The molecule has 0 saturated carbocycles. The Kier molecular flexibility index (Phi) is 6.23. The molecule has 1 N–H and O–H groups in total. The van der Waals surface area contributed by atoms with Crippen LogP contribution in [0.5, 0.6) is 0 Å². The molecule has 27 heavy (non-hydrogen) atoms. The normalized spacial score (nSPS) is 16.9. The van der Waals surface area contributed by atoms with Crippen molar-refractivity contribution < 1.29 is 17.6 Å². The molecule has 0 spiro atoms. The third-order valence-corrected chi connectivity index (χ3v) is 7.20. The first-order chi connectivity index (χ1) is 12.9. The zero-order valence-electron chi connectivity index (χ0n) is 15.2. The van der Waals surface area contributed by atoms with Crippen LogP contribution in [-0.2, 0) is 14.8 Å². The molecule has 3 rings (SSSR count). The van der Waals surface area contributed by atoms with Crippen molar-refractivity contribution in [2.45, 2.75) is 41.6 Å². The van der Waals surface area contributed by atoms with Crippen LogP contribution >= 0.6 is 11.8 Å². The third kappa shape index (κ3) is 4.53. The maximum atomic E-state index is 12.8. The molecule has 1 aliphatic rings. The number of thioether (sulfide) groups is 1. The predicted molar refractivity (Wildman–Crippen MR) is 105 cm³/mol. The minimum Gasteiger partial charge on any atom is -0.431 e. The number of fused-ring (bicyclic) bond motifs is 1. The Balaban J connectivity index is 1.78. The highest BCUT2D eigenvalue weighted by Gasteiger charge is 2.27. The molecule has 1 atom stereocenters. The molecule has 0 aliphatic carbocycles. The van der Waals surface area contributed by atoms with Crippen molar-refractivity contribution in [3.05, 3.63) is 30.9 Å². The second-order valence-electron chi connectivity index (χ2n) is 6.37. The molecule has 9 heteroatoms. The Labute approximate surface area is 163 Å². The van der Waals surface area contributed by atoms with Crippen molar-refractivity contribution in [1.82, 2.24) is 14.6 Å². The fourth-order valence-corrected chi connectivity index (χ4v) is 5.19. The van der Waals surface area contributed by atoms with Gasteiger partial charge < -0.3 is 9.73 Å². The van der Waals surface area contributed by atoms with Gasteiger partial charge in [-0.2, -0.15) is 4.31 Å². The van der Waals surface area contributed by atoms with Crippen LogP contribution in [0.2, 0.25) is 0 Å². The number of carbonyl (C=O) groups is 1. The number of hydrogen-bond donors (Lipinski definition) is 1. The smallest absolute Gasteiger partial charge is 0.257 e. The zero-order valence-corrected chi connectivity index (χ0v) is 16.8. The minimum atomic E-state index is -3.52. The van der Waals surface area contributed by atoms with Gasteiger partial charge in [0.2, 0.25) is 15.9 Å². The summed E-state index contributed by atoms with van der Waals surface area (Å²) in [5.41, 5.74) is 0.961. The summed E-state index contributed by atoms with van der Waals surface area (Å²) in [6, 6.07) is 4.70. The maximum Gasteiger partial charge on any atom is 0.257 e. The number of amides is 1. The van der Waals surface area contributed by atoms with Crippen molar-refractivity contribution in [2.75, 3.05) is 19.6 Å². The van der Waals surface area contributed by atoms with E-state index in [9.17, 15) is 13.2 Å². The van der Waals surface area contributed by atoms with Gasteiger partial charge in [-0.3, -0.25) is 4.79 Å². The van der Waals surface area contributed by atoms with E-state index >= 15 is 0 Å². The molecule has 1 aliphatic heterocycles. The van der Waals surface area contributed by atoms with Gasteiger partial charge in [0.05, 0.1) is 10.1 Å². The summed E-state index contributed by atoms with van der Waals surface area (Å²) in [4.78, 5) is 16.5. The van der Waals surface area contributed by atoms with Gasteiger partial charge in [-0.1, -0.05) is 24.3 Å². The summed E-state index contributed by atoms with van der Waals surface area (Å²) in [5.74, 6) is -0.143. The largest absolute Gasteiger partial charge is 0.431 e. The molecular formula is C18H23N3O4S2. The van der Waals surface area contributed by atoms with E-state index < -0.39 is 15.3 Å². The summed E-state index contributed by atoms with van der Waals surface area (Å²) < 4.78 is 32.8. The van der Waals surface area contributed by atoms with E-state index in [0.29, 0.717) is 36.0 Å². The lowest BCUT2D eigenvalue weighted by molar-refractivity contribution is -0.120. The van der Waals surface area contributed by atoms with Gasteiger partial charge in [0, 0.05) is 19.6 Å². The molecular weight excluding hydrogens is 386 g/mol. The second-order valence-corrected chi connectivity index (χ2v) is 9.60. The summed E-state index contributed by atoms with van der Waals surface area (Å²) in [7, 11) is -3.52. The number of hydrogen-bond acceptors (Lipinski definition) is 6. The summed E-state index contributed by atoms with van der Waals surface area (Å²) >= 11 is 1.19. The molecule has 0 radical (unpaired) electrons. The van der Waals surface area contributed by atoms with Crippen LogP contribution in [0.25, 0.3) is 11.1 Å². The van der Waals surface area contributed by atoms with Crippen LogP contribution in [0.15, 0.2) is 45.4 Å². The molecule has 0 unspecified atom stereocenters. The van der Waals surface area contributed by atoms with Gasteiger partial charge in [-0.25, -0.2) is 13.4 Å². The van der Waals surface area contributed by atoms with Crippen LogP contribution in [0.4, 0.5) is 0 Å². The molecule has 7 nitrogen and oxygen atoms in total. The minimum absolute atomic E-state index is 0.143. The monoisotopic (exact) mass is 409 g/mol. The quantitative estimate of drug-likeness (QED) is 0.558. The Morgan fingerprint density at radius 2 is 2.15 bits per heavy atom. The summed E-state index contributed by atoms with van der Waals surface area (Å²) in [5, 5.41) is 2.66. The lowest BCUT2D eigenvalue weighted by Crippen LogP contribution is -2.35. The molecule has 1 fully saturated rings. The Morgan fingerprint density at radius 3 is 2.85 bits per heavy atom. The number of nitrogens with one attached hydrogen (secondary N) is 1. The first-order valence-electron chi connectivity index (χ1n) is 8.88. The number of rotatable bonds is 7. The van der Waals surface area contributed by atoms with E-state index in [-0.39, 0.29) is 10.8 Å². The van der Waals surface area contributed by atoms with Crippen LogP contribution < -0.4 is 5.32 Å². The number of oxazole rings is 1. The summed E-state index contributed by atoms with van der Waals surface area (Å²) in [6.07, 6.45) is 4.45. The molecule has 1 aromatic carbocycles. The number of nitrogens with zero attached hydrogens (tertiary/aromatic N) is 2. The van der Waals surface area contributed by atoms with Crippen LogP contribution in [0, 0.1) is 0 Å². The van der Waals surface area contributed by atoms with E-state index in [1.54, 1.807) is 25.1 Å².